The van der Waals surface area contributed by atoms with Crippen molar-refractivity contribution in [2.45, 2.75) is 26.7 Å². The predicted molar refractivity (Wildman–Crippen MR) is 69.6 cm³/mol. The molecule has 0 radical (unpaired) electrons. The minimum absolute atomic E-state index is 0.270. The third-order valence-electron chi connectivity index (χ3n) is 2.31. The fourth-order valence-corrected chi connectivity index (χ4v) is 1.33. The Balaban J connectivity index is 2.30. The number of hydrogen-bond acceptors (Lipinski definition) is 3. The van der Waals surface area contributed by atoms with Crippen LogP contribution < -0.4 is 0 Å². The highest BCUT2D eigenvalue weighted by atomic mass is 16.5. The first-order chi connectivity index (χ1) is 8.24. The lowest BCUT2D eigenvalue weighted by Crippen LogP contribution is -2.08. The topological polar surface area (TPSA) is 38.7 Å². The Hall–Kier alpha value is -1.64. The Morgan fingerprint density at radius 1 is 1.29 bits per heavy atom. The zero-order valence-electron chi connectivity index (χ0n) is 10.5. The van der Waals surface area contributed by atoms with Gasteiger partial charge in [-0.1, -0.05) is 25.1 Å². The Bertz CT molecular complexity index is 371. The fourth-order valence-electron chi connectivity index (χ4n) is 1.33. The van der Waals surface area contributed by atoms with Gasteiger partial charge < -0.3 is 4.74 Å². The quantitative estimate of drug-likeness (QED) is 0.559. The second kappa shape index (κ2) is 7.60. The maximum atomic E-state index is 11.6. The molecule has 0 atom stereocenters. The lowest BCUT2D eigenvalue weighted by molar-refractivity contribution is 0.0515. The first kappa shape index (κ1) is 13.4. The van der Waals surface area contributed by atoms with Crippen LogP contribution in [0.15, 0.2) is 35.3 Å². The van der Waals surface area contributed by atoms with Gasteiger partial charge in [-0.3, -0.25) is 4.99 Å². The number of benzene rings is 1. The van der Waals surface area contributed by atoms with Crippen molar-refractivity contribution >= 4 is 11.7 Å². The highest BCUT2D eigenvalue weighted by Gasteiger charge is 2.05. The average molecular weight is 233 g/mol. The summed E-state index contributed by atoms with van der Waals surface area (Å²) in [5, 5.41) is 0. The van der Waals surface area contributed by atoms with Crippen molar-refractivity contribution in [1.82, 2.24) is 0 Å². The molecule has 0 spiro atoms. The normalized spacial score (nSPS) is 11.3. The highest BCUT2D eigenvalue weighted by molar-refractivity contribution is 5.89. The number of nitrogens with zero attached hydrogens (tertiary/aromatic N) is 1. The monoisotopic (exact) mass is 233 g/mol. The Morgan fingerprint density at radius 3 is 2.65 bits per heavy atom. The summed E-state index contributed by atoms with van der Waals surface area (Å²) in [6, 6.07) is 9.02. The van der Waals surface area contributed by atoms with E-state index in [9.17, 15) is 4.79 Å². The summed E-state index contributed by atoms with van der Waals surface area (Å²) < 4.78 is 5.16. The average Bonchev–Trinajstić information content (AvgIpc) is 2.37. The molecule has 0 fully saturated rings. The third kappa shape index (κ3) is 5.29. The van der Waals surface area contributed by atoms with Crippen LogP contribution >= 0.6 is 0 Å². The van der Waals surface area contributed by atoms with Crippen LogP contribution in [0.3, 0.4) is 0 Å². The zero-order valence-corrected chi connectivity index (χ0v) is 10.5. The maximum Gasteiger partial charge on any atom is 0.338 e. The van der Waals surface area contributed by atoms with Crippen molar-refractivity contribution < 1.29 is 9.53 Å². The van der Waals surface area contributed by atoms with Gasteiger partial charge in [0.15, 0.2) is 0 Å². The van der Waals surface area contributed by atoms with Crippen LogP contribution in [0, 0.1) is 0 Å². The number of aliphatic imine (C=N–C) groups is 1. The number of carbonyl (C=O) groups is 1. The second-order valence-corrected chi connectivity index (χ2v) is 3.87. The molecule has 0 N–H and O–H groups in total. The number of esters is 1. The Morgan fingerprint density at radius 2 is 2.00 bits per heavy atom. The van der Waals surface area contributed by atoms with Crippen molar-refractivity contribution in [2.24, 2.45) is 4.99 Å². The van der Waals surface area contributed by atoms with Gasteiger partial charge in [0, 0.05) is 18.7 Å². The minimum Gasteiger partial charge on any atom is -0.462 e. The standard InChI is InChI=1S/C14H19NO2/c1-3-10-15-12(2)9-11-17-14(16)13-7-5-4-6-8-13/h4-8H,3,9-11H2,1-2H3. The molecule has 3 heteroatoms. The van der Waals surface area contributed by atoms with E-state index < -0.39 is 0 Å². The van der Waals surface area contributed by atoms with E-state index in [0.29, 0.717) is 18.6 Å². The summed E-state index contributed by atoms with van der Waals surface area (Å²) in [6.45, 7) is 5.30. The van der Waals surface area contributed by atoms with Gasteiger partial charge >= 0.3 is 5.97 Å². The molecule has 0 unspecified atom stereocenters. The van der Waals surface area contributed by atoms with E-state index in [2.05, 4.69) is 11.9 Å². The molecule has 0 saturated heterocycles. The first-order valence-electron chi connectivity index (χ1n) is 5.96. The fraction of sp³-hybridized carbons (Fsp3) is 0.429. The molecule has 1 aromatic carbocycles. The number of hydrogen-bond donors (Lipinski definition) is 0. The molecule has 0 saturated carbocycles. The van der Waals surface area contributed by atoms with Crippen molar-refractivity contribution in [2.75, 3.05) is 13.2 Å². The first-order valence-corrected chi connectivity index (χ1v) is 5.96. The van der Waals surface area contributed by atoms with Crippen LogP contribution in [0.2, 0.25) is 0 Å². The predicted octanol–water partition coefficient (Wildman–Crippen LogP) is 3.10. The lowest BCUT2D eigenvalue weighted by Gasteiger charge is -2.04. The van der Waals surface area contributed by atoms with E-state index >= 15 is 0 Å². The summed E-state index contributed by atoms with van der Waals surface area (Å²) in [6.07, 6.45) is 1.75. The minimum atomic E-state index is -0.270. The maximum absolute atomic E-state index is 11.6. The summed E-state index contributed by atoms with van der Waals surface area (Å²) in [4.78, 5) is 15.9. The van der Waals surface area contributed by atoms with Gasteiger partial charge in [0.2, 0.25) is 0 Å². The Labute approximate surface area is 103 Å². The molecular weight excluding hydrogens is 214 g/mol. The van der Waals surface area contributed by atoms with E-state index in [0.717, 1.165) is 18.7 Å². The zero-order chi connectivity index (χ0) is 12.5. The number of ether oxygens (including phenoxy) is 1. The summed E-state index contributed by atoms with van der Waals surface area (Å²) in [5.41, 5.74) is 1.63. The van der Waals surface area contributed by atoms with Crippen molar-refractivity contribution in [3.63, 3.8) is 0 Å². The van der Waals surface area contributed by atoms with E-state index in [1.165, 1.54) is 0 Å². The van der Waals surface area contributed by atoms with Crippen LogP contribution in [0.5, 0.6) is 0 Å². The summed E-state index contributed by atoms with van der Waals surface area (Å²) in [5.74, 6) is -0.270. The number of rotatable bonds is 6. The molecule has 0 aliphatic rings. The molecule has 1 aromatic rings. The van der Waals surface area contributed by atoms with Gasteiger partial charge in [0.05, 0.1) is 12.2 Å². The molecular formula is C14H19NO2. The van der Waals surface area contributed by atoms with Gasteiger partial charge in [-0.05, 0) is 25.5 Å². The molecule has 3 nitrogen and oxygen atoms in total. The van der Waals surface area contributed by atoms with Gasteiger partial charge in [0.25, 0.3) is 0 Å². The van der Waals surface area contributed by atoms with E-state index in [1.54, 1.807) is 12.1 Å². The molecule has 0 heterocycles. The van der Waals surface area contributed by atoms with Crippen LogP contribution in [0.1, 0.15) is 37.0 Å². The van der Waals surface area contributed by atoms with Crippen LogP contribution in [-0.2, 0) is 4.74 Å². The molecule has 0 amide bonds. The molecule has 0 bridgehead atoms. The molecule has 17 heavy (non-hydrogen) atoms. The van der Waals surface area contributed by atoms with Crippen molar-refractivity contribution in [3.8, 4) is 0 Å². The number of carbonyl (C=O) groups excluding carboxylic acids is 1. The van der Waals surface area contributed by atoms with Gasteiger partial charge in [-0.15, -0.1) is 0 Å². The molecule has 0 aromatic heterocycles. The van der Waals surface area contributed by atoms with Gasteiger partial charge in [0.1, 0.15) is 0 Å². The summed E-state index contributed by atoms with van der Waals surface area (Å²) >= 11 is 0. The largest absolute Gasteiger partial charge is 0.462 e. The highest BCUT2D eigenvalue weighted by Crippen LogP contribution is 2.01. The molecule has 1 rings (SSSR count). The van der Waals surface area contributed by atoms with Gasteiger partial charge in [-0.2, -0.15) is 0 Å². The smallest absolute Gasteiger partial charge is 0.338 e. The van der Waals surface area contributed by atoms with E-state index in [-0.39, 0.29) is 5.97 Å². The van der Waals surface area contributed by atoms with Crippen LogP contribution in [-0.4, -0.2) is 24.8 Å². The summed E-state index contributed by atoms with van der Waals surface area (Å²) in [7, 11) is 0. The SMILES string of the molecule is CCCN=C(C)CCOC(=O)c1ccccc1. The lowest BCUT2D eigenvalue weighted by atomic mass is 10.2. The Kier molecular flexibility index (Phi) is 6.00. The van der Waals surface area contributed by atoms with Crippen molar-refractivity contribution in [1.29, 1.82) is 0 Å². The molecule has 0 aliphatic carbocycles. The second-order valence-electron chi connectivity index (χ2n) is 3.87. The van der Waals surface area contributed by atoms with Crippen LogP contribution in [0.4, 0.5) is 0 Å². The molecule has 92 valence electrons. The van der Waals surface area contributed by atoms with E-state index in [1.807, 2.05) is 25.1 Å². The van der Waals surface area contributed by atoms with Crippen molar-refractivity contribution in [3.05, 3.63) is 35.9 Å². The van der Waals surface area contributed by atoms with Gasteiger partial charge in [-0.25, -0.2) is 4.79 Å². The third-order valence-corrected chi connectivity index (χ3v) is 2.31. The molecule has 0 aliphatic heterocycles. The van der Waals surface area contributed by atoms with E-state index in [4.69, 9.17) is 4.74 Å². The van der Waals surface area contributed by atoms with Crippen LogP contribution in [0.25, 0.3) is 0 Å².